The standard InChI is InChI=1S/C18H20N2O2.ClH/c19-17-16(21)11-15(13-7-3-1-4-8-13)12-20(22)18(17)14-9-5-2-6-10-14;/h1-10,15,17-18,22H,11-12,19H2;1H/t15-,17+,18+;/m0./s1. The van der Waals surface area contributed by atoms with Crippen molar-refractivity contribution in [1.29, 1.82) is 0 Å². The van der Waals surface area contributed by atoms with Crippen LogP contribution in [0.2, 0.25) is 0 Å². The van der Waals surface area contributed by atoms with Crippen molar-refractivity contribution >= 4 is 18.2 Å². The summed E-state index contributed by atoms with van der Waals surface area (Å²) >= 11 is 0. The van der Waals surface area contributed by atoms with E-state index < -0.39 is 12.1 Å². The predicted molar refractivity (Wildman–Crippen MR) is 91.7 cm³/mol. The molecule has 3 N–H and O–H groups in total. The molecule has 0 amide bonds. The molecule has 4 nitrogen and oxygen atoms in total. The molecular weight excluding hydrogens is 312 g/mol. The molecule has 0 aromatic heterocycles. The number of carbonyl (C=O) groups is 1. The van der Waals surface area contributed by atoms with Gasteiger partial charge in [0, 0.05) is 18.9 Å². The van der Waals surface area contributed by atoms with Crippen molar-refractivity contribution in [3.8, 4) is 0 Å². The van der Waals surface area contributed by atoms with Gasteiger partial charge in [0.15, 0.2) is 5.78 Å². The van der Waals surface area contributed by atoms with Crippen LogP contribution in [0, 0.1) is 0 Å². The number of Topliss-reactive ketones (excluding diaryl/α,β-unsaturated/α-hetero) is 1. The first-order valence-electron chi connectivity index (χ1n) is 7.50. The third-order valence-electron chi connectivity index (χ3n) is 4.30. The highest BCUT2D eigenvalue weighted by molar-refractivity contribution is 5.86. The van der Waals surface area contributed by atoms with E-state index in [0.717, 1.165) is 11.1 Å². The van der Waals surface area contributed by atoms with Gasteiger partial charge in [-0.25, -0.2) is 0 Å². The lowest BCUT2D eigenvalue weighted by Gasteiger charge is -2.28. The SMILES string of the molecule is Cl.N[C@@H]1C(=O)C[C@H](c2ccccc2)CN(O)[C@@H]1c1ccccc1. The lowest BCUT2D eigenvalue weighted by atomic mass is 9.91. The summed E-state index contributed by atoms with van der Waals surface area (Å²) in [5.41, 5.74) is 8.05. The van der Waals surface area contributed by atoms with Gasteiger partial charge in [-0.3, -0.25) is 4.79 Å². The quantitative estimate of drug-likeness (QED) is 0.887. The number of nitrogens with zero attached hydrogens (tertiary/aromatic N) is 1. The van der Waals surface area contributed by atoms with E-state index in [1.165, 1.54) is 5.06 Å². The molecule has 0 saturated carbocycles. The average Bonchev–Trinajstić information content (AvgIpc) is 2.66. The van der Waals surface area contributed by atoms with Crippen molar-refractivity contribution in [1.82, 2.24) is 5.06 Å². The fraction of sp³-hybridized carbons (Fsp3) is 0.278. The summed E-state index contributed by atoms with van der Waals surface area (Å²) in [4.78, 5) is 12.5. The number of nitrogens with two attached hydrogens (primary N) is 1. The van der Waals surface area contributed by atoms with Gasteiger partial charge in [0.2, 0.25) is 0 Å². The van der Waals surface area contributed by atoms with Crippen LogP contribution in [0.15, 0.2) is 60.7 Å². The number of hydrogen-bond acceptors (Lipinski definition) is 4. The van der Waals surface area contributed by atoms with Crippen molar-refractivity contribution in [3.05, 3.63) is 71.8 Å². The minimum atomic E-state index is -0.721. The Hall–Kier alpha value is -1.72. The zero-order valence-corrected chi connectivity index (χ0v) is 13.5. The summed E-state index contributed by atoms with van der Waals surface area (Å²) < 4.78 is 0. The van der Waals surface area contributed by atoms with Crippen molar-refractivity contribution in [2.45, 2.75) is 24.4 Å². The Balaban J connectivity index is 0.00000192. The van der Waals surface area contributed by atoms with Gasteiger partial charge in [0.25, 0.3) is 0 Å². The van der Waals surface area contributed by atoms with Gasteiger partial charge in [-0.1, -0.05) is 60.7 Å². The first-order chi connectivity index (χ1) is 10.7. The fourth-order valence-electron chi connectivity index (χ4n) is 3.12. The van der Waals surface area contributed by atoms with E-state index in [2.05, 4.69) is 0 Å². The smallest absolute Gasteiger partial charge is 0.152 e. The van der Waals surface area contributed by atoms with Crippen LogP contribution in [0.5, 0.6) is 0 Å². The van der Waals surface area contributed by atoms with Gasteiger partial charge in [-0.2, -0.15) is 5.06 Å². The van der Waals surface area contributed by atoms with E-state index in [1.54, 1.807) is 0 Å². The van der Waals surface area contributed by atoms with Gasteiger partial charge >= 0.3 is 0 Å². The van der Waals surface area contributed by atoms with Crippen molar-refractivity contribution in [3.63, 3.8) is 0 Å². The normalized spacial score (nSPS) is 25.5. The molecule has 1 saturated heterocycles. The molecule has 1 fully saturated rings. The van der Waals surface area contributed by atoms with E-state index in [0.29, 0.717) is 13.0 Å². The Bertz CT molecular complexity index is 636. The maximum atomic E-state index is 12.5. The molecule has 0 unspecified atom stereocenters. The topological polar surface area (TPSA) is 66.6 Å². The highest BCUT2D eigenvalue weighted by Gasteiger charge is 2.37. The maximum Gasteiger partial charge on any atom is 0.152 e. The van der Waals surface area contributed by atoms with E-state index in [-0.39, 0.29) is 24.1 Å². The number of hydrogen-bond donors (Lipinski definition) is 2. The molecule has 0 radical (unpaired) electrons. The minimum absolute atomic E-state index is 0. The van der Waals surface area contributed by atoms with Crippen LogP contribution in [0.4, 0.5) is 0 Å². The van der Waals surface area contributed by atoms with E-state index in [4.69, 9.17) is 5.73 Å². The van der Waals surface area contributed by atoms with E-state index >= 15 is 0 Å². The third-order valence-corrected chi connectivity index (χ3v) is 4.30. The molecule has 1 aliphatic heterocycles. The molecule has 0 spiro atoms. The second-order valence-electron chi connectivity index (χ2n) is 5.78. The van der Waals surface area contributed by atoms with Crippen LogP contribution < -0.4 is 5.73 Å². The molecule has 3 atom stereocenters. The third kappa shape index (κ3) is 3.79. The molecule has 2 aromatic rings. The van der Waals surface area contributed by atoms with Gasteiger partial charge in [-0.15, -0.1) is 12.4 Å². The van der Waals surface area contributed by atoms with E-state index in [1.807, 2.05) is 60.7 Å². The van der Waals surface area contributed by atoms with Crippen LogP contribution >= 0.6 is 12.4 Å². The average molecular weight is 333 g/mol. The van der Waals surface area contributed by atoms with Crippen molar-refractivity contribution < 1.29 is 10.0 Å². The Morgan fingerprint density at radius 3 is 2.04 bits per heavy atom. The van der Waals surface area contributed by atoms with Crippen LogP contribution in [0.25, 0.3) is 0 Å². The second-order valence-corrected chi connectivity index (χ2v) is 5.78. The van der Waals surface area contributed by atoms with Gasteiger partial charge < -0.3 is 10.9 Å². The van der Waals surface area contributed by atoms with Gasteiger partial charge in [-0.05, 0) is 11.1 Å². The van der Waals surface area contributed by atoms with Crippen LogP contribution in [-0.4, -0.2) is 28.6 Å². The predicted octanol–water partition coefficient (Wildman–Crippen LogP) is 2.92. The molecule has 0 aliphatic carbocycles. The number of hydroxylamine groups is 2. The summed E-state index contributed by atoms with van der Waals surface area (Å²) in [5, 5.41) is 11.7. The molecule has 122 valence electrons. The summed E-state index contributed by atoms with van der Waals surface area (Å²) in [6.07, 6.45) is 0.353. The molecule has 1 heterocycles. The fourth-order valence-corrected chi connectivity index (χ4v) is 3.12. The summed E-state index contributed by atoms with van der Waals surface area (Å²) in [6.45, 7) is 0.392. The number of halogens is 1. The van der Waals surface area contributed by atoms with Crippen LogP contribution in [0.1, 0.15) is 29.5 Å². The largest absolute Gasteiger partial charge is 0.320 e. The molecule has 1 aliphatic rings. The number of benzene rings is 2. The zero-order chi connectivity index (χ0) is 15.5. The lowest BCUT2D eigenvalue weighted by molar-refractivity contribution is -0.139. The highest BCUT2D eigenvalue weighted by Crippen LogP contribution is 2.32. The van der Waals surface area contributed by atoms with Crippen molar-refractivity contribution in [2.75, 3.05) is 6.54 Å². The van der Waals surface area contributed by atoms with E-state index in [9.17, 15) is 10.0 Å². The lowest BCUT2D eigenvalue weighted by Crippen LogP contribution is -2.42. The molecule has 0 bridgehead atoms. The van der Waals surface area contributed by atoms with Crippen LogP contribution in [0.3, 0.4) is 0 Å². The zero-order valence-electron chi connectivity index (χ0n) is 12.7. The molecule has 3 rings (SSSR count). The number of rotatable bonds is 2. The van der Waals surface area contributed by atoms with Crippen LogP contribution in [-0.2, 0) is 4.79 Å². The van der Waals surface area contributed by atoms with Crippen molar-refractivity contribution in [2.24, 2.45) is 5.73 Å². The number of carbonyl (C=O) groups excluding carboxylic acids is 1. The Morgan fingerprint density at radius 1 is 0.957 bits per heavy atom. The number of ketones is 1. The molecule has 23 heavy (non-hydrogen) atoms. The first kappa shape index (κ1) is 17.6. The van der Waals surface area contributed by atoms with Gasteiger partial charge in [0.1, 0.15) is 0 Å². The second kappa shape index (κ2) is 7.70. The molecule has 2 aromatic carbocycles. The summed E-state index contributed by atoms with van der Waals surface area (Å²) in [6, 6.07) is 18.1. The maximum absolute atomic E-state index is 12.5. The van der Waals surface area contributed by atoms with Gasteiger partial charge in [0.05, 0.1) is 12.1 Å². The highest BCUT2D eigenvalue weighted by atomic mass is 35.5. The Labute approximate surface area is 142 Å². The Kier molecular flexibility index (Phi) is 5.91. The summed E-state index contributed by atoms with van der Waals surface area (Å²) in [7, 11) is 0. The Morgan fingerprint density at radius 2 is 1.48 bits per heavy atom. The monoisotopic (exact) mass is 332 g/mol. The summed E-state index contributed by atoms with van der Waals surface area (Å²) in [5.74, 6) is -0.0577. The molecular formula is C18H21ClN2O2. The molecule has 5 heteroatoms. The first-order valence-corrected chi connectivity index (χ1v) is 7.50. The minimum Gasteiger partial charge on any atom is -0.320 e.